The maximum atomic E-state index is 13.0. The van der Waals surface area contributed by atoms with Crippen LogP contribution >= 0.6 is 11.8 Å². The number of rotatable bonds is 5. The number of hydrogen-bond donors (Lipinski definition) is 1. The summed E-state index contributed by atoms with van der Waals surface area (Å²) in [6.07, 6.45) is -2.01. The SMILES string of the molecule is O=C(CSc1ccc(F)cc1)Nc1cc(C(F)(F)F)ccc1-n1cncn1. The first-order valence-corrected chi connectivity index (χ1v) is 8.56. The van der Waals surface area contributed by atoms with E-state index < -0.39 is 23.5 Å². The third-order valence-electron chi connectivity index (χ3n) is 3.45. The Morgan fingerprint density at radius 1 is 1.15 bits per heavy atom. The van der Waals surface area contributed by atoms with Gasteiger partial charge in [-0.15, -0.1) is 11.8 Å². The van der Waals surface area contributed by atoms with Crippen LogP contribution in [0.25, 0.3) is 5.69 Å². The lowest BCUT2D eigenvalue weighted by atomic mass is 10.1. The number of nitrogens with zero attached hydrogens (tertiary/aromatic N) is 3. The number of hydrogen-bond acceptors (Lipinski definition) is 4. The van der Waals surface area contributed by atoms with Crippen LogP contribution in [0.5, 0.6) is 0 Å². The summed E-state index contributed by atoms with van der Waals surface area (Å²) < 4.78 is 53.1. The van der Waals surface area contributed by atoms with E-state index in [1.807, 2.05) is 0 Å². The van der Waals surface area contributed by atoms with Gasteiger partial charge in [0.15, 0.2) is 0 Å². The highest BCUT2D eigenvalue weighted by Gasteiger charge is 2.31. The quantitative estimate of drug-likeness (QED) is 0.520. The fourth-order valence-electron chi connectivity index (χ4n) is 2.21. The number of amides is 1. The number of carbonyl (C=O) groups excluding carboxylic acids is 1. The first kappa shape index (κ1) is 18.9. The number of carbonyl (C=O) groups is 1. The second kappa shape index (κ2) is 7.78. The Labute approximate surface area is 155 Å². The summed E-state index contributed by atoms with van der Waals surface area (Å²) in [6, 6.07) is 8.50. The highest BCUT2D eigenvalue weighted by molar-refractivity contribution is 8.00. The average molecular weight is 396 g/mol. The van der Waals surface area contributed by atoms with E-state index in [2.05, 4.69) is 15.4 Å². The minimum Gasteiger partial charge on any atom is -0.323 e. The van der Waals surface area contributed by atoms with Crippen LogP contribution in [0.4, 0.5) is 23.2 Å². The highest BCUT2D eigenvalue weighted by atomic mass is 32.2. The van der Waals surface area contributed by atoms with Crippen LogP contribution in [0, 0.1) is 5.82 Å². The lowest BCUT2D eigenvalue weighted by Crippen LogP contribution is -2.17. The largest absolute Gasteiger partial charge is 0.416 e. The lowest BCUT2D eigenvalue weighted by molar-refractivity contribution is -0.137. The van der Waals surface area contributed by atoms with Gasteiger partial charge in [-0.2, -0.15) is 18.3 Å². The zero-order valence-corrected chi connectivity index (χ0v) is 14.4. The summed E-state index contributed by atoms with van der Waals surface area (Å²) in [4.78, 5) is 16.6. The van der Waals surface area contributed by atoms with E-state index in [1.54, 1.807) is 0 Å². The number of alkyl halides is 3. The molecule has 0 radical (unpaired) electrons. The third kappa shape index (κ3) is 4.85. The fraction of sp³-hybridized carbons (Fsp3) is 0.118. The molecule has 0 unspecified atom stereocenters. The average Bonchev–Trinajstić information content (AvgIpc) is 3.15. The van der Waals surface area contributed by atoms with E-state index in [1.165, 1.54) is 47.7 Å². The molecule has 140 valence electrons. The first-order valence-electron chi connectivity index (χ1n) is 7.57. The third-order valence-corrected chi connectivity index (χ3v) is 4.46. The van der Waals surface area contributed by atoms with Gasteiger partial charge in [0.05, 0.1) is 22.7 Å². The molecule has 2 aromatic carbocycles. The second-order valence-electron chi connectivity index (χ2n) is 5.36. The Morgan fingerprint density at radius 3 is 2.52 bits per heavy atom. The van der Waals surface area contributed by atoms with Crippen LogP contribution < -0.4 is 5.32 Å². The topological polar surface area (TPSA) is 59.8 Å². The van der Waals surface area contributed by atoms with Crippen molar-refractivity contribution >= 4 is 23.4 Å². The fourth-order valence-corrected chi connectivity index (χ4v) is 2.91. The van der Waals surface area contributed by atoms with Crippen molar-refractivity contribution in [3.05, 3.63) is 66.5 Å². The molecule has 0 saturated heterocycles. The van der Waals surface area contributed by atoms with Gasteiger partial charge in [0.2, 0.25) is 5.91 Å². The number of anilines is 1. The van der Waals surface area contributed by atoms with Gasteiger partial charge in [-0.1, -0.05) is 0 Å². The van der Waals surface area contributed by atoms with Gasteiger partial charge in [0.1, 0.15) is 18.5 Å². The number of halogens is 4. The Kier molecular flexibility index (Phi) is 5.45. The molecule has 3 aromatic rings. The van der Waals surface area contributed by atoms with Crippen LogP contribution in [0.15, 0.2) is 60.0 Å². The number of thioether (sulfide) groups is 1. The molecule has 1 aromatic heterocycles. The molecule has 1 heterocycles. The van der Waals surface area contributed by atoms with Crippen molar-refractivity contribution in [2.75, 3.05) is 11.1 Å². The molecule has 0 bridgehead atoms. The molecular weight excluding hydrogens is 384 g/mol. The highest BCUT2D eigenvalue weighted by Crippen LogP contribution is 2.33. The van der Waals surface area contributed by atoms with Gasteiger partial charge >= 0.3 is 6.18 Å². The Bertz CT molecular complexity index is 927. The van der Waals surface area contributed by atoms with E-state index in [0.717, 1.165) is 23.9 Å². The van der Waals surface area contributed by atoms with Crippen molar-refractivity contribution in [3.8, 4) is 5.69 Å². The summed E-state index contributed by atoms with van der Waals surface area (Å²) in [5.74, 6) is -0.964. The Balaban J connectivity index is 1.79. The van der Waals surface area contributed by atoms with Gasteiger partial charge in [0, 0.05) is 4.90 Å². The van der Waals surface area contributed by atoms with Crippen LogP contribution in [0.1, 0.15) is 5.56 Å². The van der Waals surface area contributed by atoms with E-state index >= 15 is 0 Å². The normalized spacial score (nSPS) is 11.4. The number of aromatic nitrogens is 3. The second-order valence-corrected chi connectivity index (χ2v) is 6.41. The van der Waals surface area contributed by atoms with E-state index in [0.29, 0.717) is 4.90 Å². The zero-order valence-electron chi connectivity index (χ0n) is 13.6. The first-order chi connectivity index (χ1) is 12.8. The summed E-state index contributed by atoms with van der Waals surface area (Å²) in [6.45, 7) is 0. The summed E-state index contributed by atoms with van der Waals surface area (Å²) in [7, 11) is 0. The maximum Gasteiger partial charge on any atom is 0.416 e. The van der Waals surface area contributed by atoms with Crippen LogP contribution in [-0.4, -0.2) is 26.4 Å². The van der Waals surface area contributed by atoms with Crippen molar-refractivity contribution in [1.29, 1.82) is 0 Å². The molecule has 5 nitrogen and oxygen atoms in total. The summed E-state index contributed by atoms with van der Waals surface area (Å²) in [5.41, 5.74) is -0.687. The molecule has 0 fully saturated rings. The van der Waals surface area contributed by atoms with Gasteiger partial charge in [-0.3, -0.25) is 4.79 Å². The van der Waals surface area contributed by atoms with Crippen LogP contribution in [0.2, 0.25) is 0 Å². The van der Waals surface area contributed by atoms with Gasteiger partial charge in [0.25, 0.3) is 0 Å². The monoisotopic (exact) mass is 396 g/mol. The van der Waals surface area contributed by atoms with Crippen molar-refractivity contribution in [2.45, 2.75) is 11.1 Å². The van der Waals surface area contributed by atoms with Gasteiger partial charge in [-0.25, -0.2) is 14.1 Å². The van der Waals surface area contributed by atoms with E-state index in [9.17, 15) is 22.4 Å². The number of benzene rings is 2. The Morgan fingerprint density at radius 2 is 1.89 bits per heavy atom. The molecule has 0 aliphatic heterocycles. The van der Waals surface area contributed by atoms with Crippen LogP contribution in [0.3, 0.4) is 0 Å². The predicted octanol–water partition coefficient (Wildman–Crippen LogP) is 4.16. The maximum absolute atomic E-state index is 13.0. The molecule has 0 atom stereocenters. The van der Waals surface area contributed by atoms with E-state index in [4.69, 9.17) is 0 Å². The molecule has 0 aliphatic carbocycles. The molecule has 3 rings (SSSR count). The van der Waals surface area contributed by atoms with Gasteiger partial charge < -0.3 is 5.32 Å². The van der Waals surface area contributed by atoms with Crippen molar-refractivity contribution in [2.24, 2.45) is 0 Å². The molecule has 0 aliphatic rings. The molecule has 0 saturated carbocycles. The minimum absolute atomic E-state index is 0.0416. The van der Waals surface area contributed by atoms with Crippen LogP contribution in [-0.2, 0) is 11.0 Å². The summed E-state index contributed by atoms with van der Waals surface area (Å²) in [5, 5.41) is 6.35. The minimum atomic E-state index is -4.55. The number of nitrogens with one attached hydrogen (secondary N) is 1. The summed E-state index contributed by atoms with van der Waals surface area (Å²) >= 11 is 1.13. The molecule has 10 heteroatoms. The van der Waals surface area contributed by atoms with Crippen molar-refractivity contribution in [3.63, 3.8) is 0 Å². The predicted molar refractivity (Wildman–Crippen MR) is 92.1 cm³/mol. The zero-order chi connectivity index (χ0) is 19.4. The molecule has 1 amide bonds. The molecule has 27 heavy (non-hydrogen) atoms. The Hall–Kier alpha value is -2.88. The molecule has 1 N–H and O–H groups in total. The molecule has 0 spiro atoms. The van der Waals surface area contributed by atoms with Crippen molar-refractivity contribution < 1.29 is 22.4 Å². The van der Waals surface area contributed by atoms with Gasteiger partial charge in [-0.05, 0) is 42.5 Å². The lowest BCUT2D eigenvalue weighted by Gasteiger charge is -2.14. The molecular formula is C17H12F4N4OS. The van der Waals surface area contributed by atoms with Crippen molar-refractivity contribution in [1.82, 2.24) is 14.8 Å². The smallest absolute Gasteiger partial charge is 0.323 e. The standard InChI is InChI=1S/C17H12F4N4OS/c18-12-2-4-13(5-3-12)27-8-16(26)24-14-7-11(17(19,20)21)1-6-15(14)25-10-22-9-23-25/h1-7,9-10H,8H2,(H,24,26). The van der Waals surface area contributed by atoms with E-state index in [-0.39, 0.29) is 17.1 Å².